The minimum Gasteiger partial charge on any atom is -0.508 e. The van der Waals surface area contributed by atoms with E-state index >= 15 is 0 Å². The zero-order chi connectivity index (χ0) is 13.8. The van der Waals surface area contributed by atoms with E-state index in [0.717, 1.165) is 0 Å². The minimum absolute atomic E-state index is 0.145. The highest BCUT2D eigenvalue weighted by Crippen LogP contribution is 2.24. The zero-order valence-electron chi connectivity index (χ0n) is 10.8. The van der Waals surface area contributed by atoms with Crippen molar-refractivity contribution < 1.29 is 14.6 Å². The lowest BCUT2D eigenvalue weighted by molar-refractivity contribution is 0.102. The fourth-order valence-electron chi connectivity index (χ4n) is 1.84. The number of phenols is 1. The molecule has 2 aromatic carbocycles. The first kappa shape index (κ1) is 13.0. The van der Waals surface area contributed by atoms with Crippen molar-refractivity contribution in [2.45, 2.75) is 6.92 Å². The van der Waals surface area contributed by atoms with Gasteiger partial charge in [-0.15, -0.1) is 0 Å². The Morgan fingerprint density at radius 2 is 1.95 bits per heavy atom. The first-order valence-electron chi connectivity index (χ1n) is 5.86. The predicted molar refractivity (Wildman–Crippen MR) is 73.8 cm³/mol. The van der Waals surface area contributed by atoms with Crippen LogP contribution in [0.2, 0.25) is 0 Å². The number of amides is 1. The number of anilines is 1. The number of carbonyl (C=O) groups is 1. The molecule has 98 valence electrons. The van der Waals surface area contributed by atoms with E-state index in [1.807, 2.05) is 12.1 Å². The number of para-hydroxylation sites is 2. The second-order valence-corrected chi connectivity index (χ2v) is 4.15. The van der Waals surface area contributed by atoms with Crippen molar-refractivity contribution in [1.29, 1.82) is 0 Å². The van der Waals surface area contributed by atoms with Gasteiger partial charge in [0.15, 0.2) is 0 Å². The number of phenolic OH excluding ortho intramolecular Hbond substituents is 1. The van der Waals surface area contributed by atoms with Crippen LogP contribution in [-0.2, 0) is 0 Å². The van der Waals surface area contributed by atoms with Crippen molar-refractivity contribution in [3.05, 3.63) is 53.6 Å². The maximum Gasteiger partial charge on any atom is 0.256 e. The third-order valence-electron chi connectivity index (χ3n) is 2.81. The summed E-state index contributed by atoms with van der Waals surface area (Å²) in [6, 6.07) is 11.8. The van der Waals surface area contributed by atoms with Crippen molar-refractivity contribution in [3.8, 4) is 11.5 Å². The van der Waals surface area contributed by atoms with E-state index in [0.29, 0.717) is 22.6 Å². The highest BCUT2D eigenvalue weighted by atomic mass is 16.5. The molecule has 0 bridgehead atoms. The average molecular weight is 257 g/mol. The summed E-state index contributed by atoms with van der Waals surface area (Å²) in [6.07, 6.45) is 0. The number of nitrogens with one attached hydrogen (secondary N) is 1. The van der Waals surface area contributed by atoms with Crippen LogP contribution in [0.1, 0.15) is 15.9 Å². The summed E-state index contributed by atoms with van der Waals surface area (Å²) >= 11 is 0. The van der Waals surface area contributed by atoms with Gasteiger partial charge in [-0.25, -0.2) is 0 Å². The normalized spacial score (nSPS) is 10.0. The fraction of sp³-hybridized carbons (Fsp3) is 0.133. The van der Waals surface area contributed by atoms with Crippen LogP contribution in [0.5, 0.6) is 11.5 Å². The number of hydrogen-bond acceptors (Lipinski definition) is 3. The first-order chi connectivity index (χ1) is 9.11. The van der Waals surface area contributed by atoms with Crippen LogP contribution in [0, 0.1) is 6.92 Å². The Labute approximate surface area is 111 Å². The molecular weight excluding hydrogens is 242 g/mol. The lowest BCUT2D eigenvalue weighted by Crippen LogP contribution is -2.13. The smallest absolute Gasteiger partial charge is 0.256 e. The molecule has 0 saturated carbocycles. The third kappa shape index (κ3) is 2.85. The van der Waals surface area contributed by atoms with Crippen LogP contribution in [0.4, 0.5) is 5.69 Å². The minimum atomic E-state index is -0.234. The Hall–Kier alpha value is -2.49. The maximum absolute atomic E-state index is 12.2. The molecule has 2 N–H and O–H groups in total. The second-order valence-electron chi connectivity index (χ2n) is 4.15. The van der Waals surface area contributed by atoms with E-state index in [4.69, 9.17) is 4.74 Å². The van der Waals surface area contributed by atoms with E-state index in [1.54, 1.807) is 38.3 Å². The van der Waals surface area contributed by atoms with Gasteiger partial charge in [-0.2, -0.15) is 0 Å². The summed E-state index contributed by atoms with van der Waals surface area (Å²) in [5.74, 6) is 0.514. The summed E-state index contributed by atoms with van der Waals surface area (Å²) in [6.45, 7) is 1.77. The van der Waals surface area contributed by atoms with E-state index in [9.17, 15) is 9.90 Å². The highest BCUT2D eigenvalue weighted by molar-refractivity contribution is 6.06. The molecule has 0 spiro atoms. The Morgan fingerprint density at radius 1 is 1.21 bits per heavy atom. The van der Waals surface area contributed by atoms with Gasteiger partial charge in [0.2, 0.25) is 0 Å². The number of carbonyl (C=O) groups excluding carboxylic acids is 1. The van der Waals surface area contributed by atoms with E-state index < -0.39 is 0 Å². The van der Waals surface area contributed by atoms with Gasteiger partial charge in [0.25, 0.3) is 5.91 Å². The number of aryl methyl sites for hydroxylation is 1. The van der Waals surface area contributed by atoms with Crippen molar-refractivity contribution in [2.75, 3.05) is 12.4 Å². The topological polar surface area (TPSA) is 58.6 Å². The summed E-state index contributed by atoms with van der Waals surface area (Å²) < 4.78 is 5.18. The quantitative estimate of drug-likeness (QED) is 0.888. The Morgan fingerprint density at radius 3 is 2.63 bits per heavy atom. The number of hydrogen-bond donors (Lipinski definition) is 2. The Bertz CT molecular complexity index is 608. The molecule has 4 heteroatoms. The standard InChI is InChI=1S/C15H15NO3/c1-10-9-11(17)7-8-12(10)15(18)16-13-5-3-4-6-14(13)19-2/h3-9,17H,1-2H3,(H,16,18). The molecule has 19 heavy (non-hydrogen) atoms. The molecule has 0 aliphatic carbocycles. The molecule has 0 fully saturated rings. The molecule has 1 amide bonds. The van der Waals surface area contributed by atoms with Gasteiger partial charge in [0.05, 0.1) is 12.8 Å². The monoisotopic (exact) mass is 257 g/mol. The van der Waals surface area contributed by atoms with Crippen LogP contribution < -0.4 is 10.1 Å². The second kappa shape index (κ2) is 5.44. The lowest BCUT2D eigenvalue weighted by atomic mass is 10.1. The van der Waals surface area contributed by atoms with Gasteiger partial charge in [-0.05, 0) is 42.8 Å². The predicted octanol–water partition coefficient (Wildman–Crippen LogP) is 2.96. The van der Waals surface area contributed by atoms with Crippen molar-refractivity contribution in [2.24, 2.45) is 0 Å². The van der Waals surface area contributed by atoms with Crippen molar-refractivity contribution in [3.63, 3.8) is 0 Å². The van der Waals surface area contributed by atoms with Crippen LogP contribution in [-0.4, -0.2) is 18.1 Å². The Kier molecular flexibility index (Phi) is 3.71. The van der Waals surface area contributed by atoms with Gasteiger partial charge in [0, 0.05) is 5.56 Å². The molecule has 0 aliphatic heterocycles. The summed E-state index contributed by atoms with van der Waals surface area (Å²) in [5, 5.41) is 12.1. The molecule has 0 aromatic heterocycles. The number of rotatable bonds is 3. The average Bonchev–Trinajstić information content (AvgIpc) is 2.39. The van der Waals surface area contributed by atoms with E-state index in [1.165, 1.54) is 6.07 Å². The zero-order valence-corrected chi connectivity index (χ0v) is 10.8. The molecule has 0 aliphatic rings. The molecule has 0 radical (unpaired) electrons. The summed E-state index contributed by atoms with van der Waals surface area (Å²) in [5.41, 5.74) is 1.85. The molecule has 0 saturated heterocycles. The SMILES string of the molecule is COc1ccccc1NC(=O)c1ccc(O)cc1C. The lowest BCUT2D eigenvalue weighted by Gasteiger charge is -2.11. The summed E-state index contributed by atoms with van der Waals surface area (Å²) in [7, 11) is 1.55. The van der Waals surface area contributed by atoms with Gasteiger partial charge in [-0.1, -0.05) is 12.1 Å². The van der Waals surface area contributed by atoms with Crippen LogP contribution >= 0.6 is 0 Å². The van der Waals surface area contributed by atoms with Gasteiger partial charge in [-0.3, -0.25) is 4.79 Å². The highest BCUT2D eigenvalue weighted by Gasteiger charge is 2.11. The maximum atomic E-state index is 12.2. The number of benzene rings is 2. The molecule has 2 aromatic rings. The number of ether oxygens (including phenoxy) is 1. The molecular formula is C15H15NO3. The van der Waals surface area contributed by atoms with Gasteiger partial charge in [0.1, 0.15) is 11.5 Å². The fourth-order valence-corrected chi connectivity index (χ4v) is 1.84. The largest absolute Gasteiger partial charge is 0.508 e. The van der Waals surface area contributed by atoms with E-state index in [2.05, 4.69) is 5.32 Å². The Balaban J connectivity index is 2.26. The molecule has 2 rings (SSSR count). The van der Waals surface area contributed by atoms with E-state index in [-0.39, 0.29) is 11.7 Å². The van der Waals surface area contributed by atoms with Crippen molar-refractivity contribution in [1.82, 2.24) is 0 Å². The number of aromatic hydroxyl groups is 1. The molecule has 0 atom stereocenters. The molecule has 0 heterocycles. The first-order valence-corrected chi connectivity index (χ1v) is 5.86. The van der Waals surface area contributed by atoms with Crippen LogP contribution in [0.15, 0.2) is 42.5 Å². The van der Waals surface area contributed by atoms with Gasteiger partial charge < -0.3 is 15.2 Å². The number of methoxy groups -OCH3 is 1. The summed E-state index contributed by atoms with van der Waals surface area (Å²) in [4.78, 5) is 12.2. The van der Waals surface area contributed by atoms with Gasteiger partial charge >= 0.3 is 0 Å². The van der Waals surface area contributed by atoms with Crippen LogP contribution in [0.25, 0.3) is 0 Å². The van der Waals surface area contributed by atoms with Crippen molar-refractivity contribution >= 4 is 11.6 Å². The van der Waals surface area contributed by atoms with Crippen LogP contribution in [0.3, 0.4) is 0 Å². The molecule has 0 unspecified atom stereocenters. The third-order valence-corrected chi connectivity index (χ3v) is 2.81. The molecule has 4 nitrogen and oxygen atoms in total.